The Morgan fingerprint density at radius 3 is 2.38 bits per heavy atom. The Labute approximate surface area is 156 Å². The number of rotatable bonds is 8. The van der Waals surface area contributed by atoms with Gasteiger partial charge in [-0.15, -0.1) is 0 Å². The Morgan fingerprint density at radius 2 is 1.88 bits per heavy atom. The molecule has 1 fully saturated rings. The molecule has 146 valence electrons. The maximum atomic E-state index is 12.3. The highest BCUT2D eigenvalue weighted by molar-refractivity contribution is 7.89. The molecule has 1 aliphatic rings. The number of benzene rings is 1. The summed E-state index contributed by atoms with van der Waals surface area (Å²) in [5.74, 6) is 0.0120. The van der Waals surface area contributed by atoms with Crippen LogP contribution >= 0.6 is 0 Å². The van der Waals surface area contributed by atoms with Crippen LogP contribution in [0.1, 0.15) is 46.1 Å². The van der Waals surface area contributed by atoms with E-state index in [0.717, 1.165) is 12.0 Å². The first kappa shape index (κ1) is 20.9. The summed E-state index contributed by atoms with van der Waals surface area (Å²) in [5.41, 5.74) is 0.868. The Hall–Kier alpha value is -1.44. The Kier molecular flexibility index (Phi) is 6.47. The average molecular weight is 383 g/mol. The van der Waals surface area contributed by atoms with E-state index in [1.54, 1.807) is 24.3 Å². The van der Waals surface area contributed by atoms with Crippen molar-refractivity contribution in [3.63, 3.8) is 0 Å². The van der Waals surface area contributed by atoms with E-state index in [-0.39, 0.29) is 34.5 Å². The average Bonchev–Trinajstić information content (AvgIpc) is 2.59. The summed E-state index contributed by atoms with van der Waals surface area (Å²) in [6.45, 7) is 8.29. The third-order valence-corrected chi connectivity index (χ3v) is 6.52. The van der Waals surface area contributed by atoms with Gasteiger partial charge in [-0.05, 0) is 51.4 Å². The van der Waals surface area contributed by atoms with Gasteiger partial charge >= 0.3 is 0 Å². The normalized spacial score (nSPS) is 22.1. The van der Waals surface area contributed by atoms with E-state index in [9.17, 15) is 13.2 Å². The third-order valence-electron chi connectivity index (χ3n) is 5.09. The molecule has 0 radical (unpaired) electrons. The number of hydrogen-bond acceptors (Lipinski definition) is 4. The molecule has 0 bridgehead atoms. The van der Waals surface area contributed by atoms with E-state index in [2.05, 4.69) is 23.9 Å². The van der Waals surface area contributed by atoms with Gasteiger partial charge in [0.2, 0.25) is 15.9 Å². The number of aryl methyl sites for hydroxylation is 1. The van der Waals surface area contributed by atoms with Crippen LogP contribution in [0.5, 0.6) is 0 Å². The minimum Gasteiger partial charge on any atom is -0.375 e. The summed E-state index contributed by atoms with van der Waals surface area (Å²) in [5, 5.41) is 3.10. The molecular formula is C19H30N2O4S. The highest BCUT2D eigenvalue weighted by Crippen LogP contribution is 2.43. The fourth-order valence-electron chi connectivity index (χ4n) is 3.17. The van der Waals surface area contributed by atoms with Crippen LogP contribution < -0.4 is 10.0 Å². The van der Waals surface area contributed by atoms with Crippen LogP contribution in [0.4, 0.5) is 0 Å². The summed E-state index contributed by atoms with van der Waals surface area (Å²) < 4.78 is 31.6. The van der Waals surface area contributed by atoms with E-state index in [1.165, 1.54) is 7.05 Å². The van der Waals surface area contributed by atoms with Gasteiger partial charge in [0, 0.05) is 17.9 Å². The van der Waals surface area contributed by atoms with Gasteiger partial charge < -0.3 is 10.1 Å². The number of hydrogen-bond donors (Lipinski definition) is 2. The fourth-order valence-corrected chi connectivity index (χ4v) is 3.90. The third kappa shape index (κ3) is 4.84. The Bertz CT molecular complexity index is 726. The molecule has 1 aliphatic carbocycles. The summed E-state index contributed by atoms with van der Waals surface area (Å²) in [6.07, 6.45) is 2.15. The van der Waals surface area contributed by atoms with Gasteiger partial charge in [-0.25, -0.2) is 13.1 Å². The van der Waals surface area contributed by atoms with E-state index >= 15 is 0 Å². The van der Waals surface area contributed by atoms with E-state index in [0.29, 0.717) is 12.8 Å². The molecule has 1 aromatic rings. The van der Waals surface area contributed by atoms with Gasteiger partial charge in [-0.1, -0.05) is 26.0 Å². The molecule has 1 aromatic carbocycles. The predicted octanol–water partition coefficient (Wildman–Crippen LogP) is 2.24. The summed E-state index contributed by atoms with van der Waals surface area (Å²) in [6, 6.07) is 6.74. The summed E-state index contributed by atoms with van der Waals surface area (Å²) >= 11 is 0. The predicted molar refractivity (Wildman–Crippen MR) is 101 cm³/mol. The molecule has 0 saturated heterocycles. The van der Waals surface area contributed by atoms with Crippen molar-refractivity contribution in [2.75, 3.05) is 7.05 Å². The van der Waals surface area contributed by atoms with Gasteiger partial charge in [0.15, 0.2) is 0 Å². The minimum absolute atomic E-state index is 0.0120. The largest absolute Gasteiger partial charge is 0.375 e. The van der Waals surface area contributed by atoms with Crippen molar-refractivity contribution >= 4 is 15.9 Å². The Morgan fingerprint density at radius 1 is 1.27 bits per heavy atom. The van der Waals surface area contributed by atoms with Crippen molar-refractivity contribution < 1.29 is 17.9 Å². The van der Waals surface area contributed by atoms with Gasteiger partial charge in [0.25, 0.3) is 0 Å². The van der Waals surface area contributed by atoms with Crippen LogP contribution in [-0.4, -0.2) is 39.6 Å². The van der Waals surface area contributed by atoms with Crippen molar-refractivity contribution in [2.24, 2.45) is 5.41 Å². The van der Waals surface area contributed by atoms with Crippen molar-refractivity contribution in [2.45, 2.75) is 70.1 Å². The van der Waals surface area contributed by atoms with Crippen LogP contribution in [0.15, 0.2) is 29.2 Å². The van der Waals surface area contributed by atoms with E-state index < -0.39 is 10.0 Å². The first-order chi connectivity index (χ1) is 12.1. The minimum atomic E-state index is -3.43. The van der Waals surface area contributed by atoms with Crippen LogP contribution in [0.2, 0.25) is 0 Å². The Balaban J connectivity index is 1.83. The lowest BCUT2D eigenvalue weighted by atomic mass is 9.64. The molecule has 2 atom stereocenters. The maximum absolute atomic E-state index is 12.3. The van der Waals surface area contributed by atoms with Crippen LogP contribution in [0.25, 0.3) is 0 Å². The molecular weight excluding hydrogens is 352 g/mol. The highest BCUT2D eigenvalue weighted by atomic mass is 32.2. The molecule has 0 aliphatic heterocycles. The number of carbonyl (C=O) groups is 1. The molecule has 6 nitrogen and oxygen atoms in total. The van der Waals surface area contributed by atoms with Crippen LogP contribution in [0, 0.1) is 5.41 Å². The van der Waals surface area contributed by atoms with Gasteiger partial charge in [0.1, 0.15) is 0 Å². The lowest BCUT2D eigenvalue weighted by Gasteiger charge is -2.52. The number of carbonyl (C=O) groups excluding carboxylic acids is 1. The second-order valence-corrected chi connectivity index (χ2v) is 9.59. The van der Waals surface area contributed by atoms with Gasteiger partial charge in [-0.2, -0.15) is 0 Å². The van der Waals surface area contributed by atoms with E-state index in [4.69, 9.17) is 4.74 Å². The number of nitrogens with one attached hydrogen (secondary N) is 2. The number of ether oxygens (including phenoxy) is 1. The molecule has 2 rings (SSSR count). The maximum Gasteiger partial charge on any atom is 0.240 e. The van der Waals surface area contributed by atoms with Gasteiger partial charge in [-0.3, -0.25) is 4.79 Å². The van der Waals surface area contributed by atoms with Crippen LogP contribution in [-0.2, 0) is 26.0 Å². The molecule has 1 saturated carbocycles. The number of amides is 1. The quantitative estimate of drug-likeness (QED) is 0.722. The summed E-state index contributed by atoms with van der Waals surface area (Å²) in [4.78, 5) is 12.5. The molecule has 1 amide bonds. The van der Waals surface area contributed by atoms with Crippen molar-refractivity contribution in [1.82, 2.24) is 10.0 Å². The SMILES string of the molecule is CNS(=O)(=O)c1ccc(CCC(=O)N[C@@H]2C[C@H](OC(C)C)C2(C)C)cc1. The van der Waals surface area contributed by atoms with Gasteiger partial charge in [0.05, 0.1) is 17.1 Å². The van der Waals surface area contributed by atoms with Crippen molar-refractivity contribution in [3.05, 3.63) is 29.8 Å². The lowest BCUT2D eigenvalue weighted by molar-refractivity contribution is -0.148. The monoisotopic (exact) mass is 382 g/mol. The van der Waals surface area contributed by atoms with Crippen molar-refractivity contribution in [1.29, 1.82) is 0 Å². The second-order valence-electron chi connectivity index (χ2n) is 7.70. The molecule has 0 heterocycles. The molecule has 26 heavy (non-hydrogen) atoms. The first-order valence-corrected chi connectivity index (χ1v) is 10.5. The zero-order valence-electron chi connectivity index (χ0n) is 16.2. The zero-order chi connectivity index (χ0) is 19.5. The number of sulfonamides is 1. The van der Waals surface area contributed by atoms with E-state index in [1.807, 2.05) is 13.8 Å². The highest BCUT2D eigenvalue weighted by Gasteiger charge is 2.49. The molecule has 7 heteroatoms. The molecule has 0 spiro atoms. The smallest absolute Gasteiger partial charge is 0.240 e. The molecule has 2 N–H and O–H groups in total. The second kappa shape index (κ2) is 8.06. The van der Waals surface area contributed by atoms with Crippen LogP contribution in [0.3, 0.4) is 0 Å². The standard InChI is InChI=1S/C19H30N2O4S/c1-13(2)25-17-12-16(19(17,3)4)21-18(22)11-8-14-6-9-15(10-7-14)26(23,24)20-5/h6-7,9-10,13,16-17,20H,8,11-12H2,1-5H3,(H,21,22)/t16-,17+/m1/s1. The van der Waals surface area contributed by atoms with Crippen molar-refractivity contribution in [3.8, 4) is 0 Å². The molecule has 0 aromatic heterocycles. The first-order valence-electron chi connectivity index (χ1n) is 9.03. The topological polar surface area (TPSA) is 84.5 Å². The molecule has 0 unspecified atom stereocenters. The zero-order valence-corrected chi connectivity index (χ0v) is 17.0. The lowest BCUT2D eigenvalue weighted by Crippen LogP contribution is -2.62. The fraction of sp³-hybridized carbons (Fsp3) is 0.632. The summed E-state index contributed by atoms with van der Waals surface area (Å²) in [7, 11) is -2.04.